The van der Waals surface area contributed by atoms with Crippen molar-refractivity contribution >= 4 is 21.9 Å². The predicted molar refractivity (Wildman–Crippen MR) is 132 cm³/mol. The van der Waals surface area contributed by atoms with Crippen molar-refractivity contribution in [3.63, 3.8) is 0 Å². The molecule has 4 heteroatoms. The number of nitrogens with zero attached hydrogens (tertiary/aromatic N) is 3. The molecule has 0 spiro atoms. The zero-order valence-electron chi connectivity index (χ0n) is 18.3. The fourth-order valence-electron chi connectivity index (χ4n) is 4.90. The third-order valence-corrected chi connectivity index (χ3v) is 6.62. The fraction of sp³-hybridized carbons (Fsp3) is 0.214. The molecule has 1 aliphatic heterocycles. The molecule has 6 rings (SSSR count). The quantitative estimate of drug-likeness (QED) is 0.382. The number of imidazole rings is 1. The number of piperidine rings is 1. The van der Waals surface area contributed by atoms with Crippen LogP contribution in [0.4, 0.5) is 0 Å². The zero-order chi connectivity index (χ0) is 21.5. The number of aryl methyl sites for hydroxylation is 1. The molecule has 1 N–H and O–H groups in total. The van der Waals surface area contributed by atoms with Gasteiger partial charge in [0.1, 0.15) is 11.3 Å². The van der Waals surface area contributed by atoms with E-state index in [1.165, 1.54) is 21.9 Å². The van der Waals surface area contributed by atoms with Crippen LogP contribution < -0.4 is 5.32 Å². The van der Waals surface area contributed by atoms with E-state index in [2.05, 4.69) is 89.6 Å². The molecule has 1 fully saturated rings. The summed E-state index contributed by atoms with van der Waals surface area (Å²) in [5.41, 5.74) is 6.70. The van der Waals surface area contributed by atoms with Crippen molar-refractivity contribution in [2.45, 2.75) is 25.8 Å². The van der Waals surface area contributed by atoms with Crippen molar-refractivity contribution in [2.75, 3.05) is 13.1 Å². The highest BCUT2D eigenvalue weighted by Crippen LogP contribution is 2.36. The minimum atomic E-state index is 0.400. The highest BCUT2D eigenvalue weighted by atomic mass is 15.2. The summed E-state index contributed by atoms with van der Waals surface area (Å²) >= 11 is 0. The average Bonchev–Trinajstić information content (AvgIpc) is 3.24. The van der Waals surface area contributed by atoms with Crippen LogP contribution in [0, 0.1) is 6.92 Å². The monoisotopic (exact) mass is 418 g/mol. The number of rotatable bonds is 3. The second-order valence-electron chi connectivity index (χ2n) is 8.75. The molecule has 0 amide bonds. The summed E-state index contributed by atoms with van der Waals surface area (Å²) in [6.45, 7) is 4.18. The molecule has 5 aromatic rings. The molecule has 2 aromatic heterocycles. The highest BCUT2D eigenvalue weighted by Gasteiger charge is 2.24. The van der Waals surface area contributed by atoms with Crippen LogP contribution in [0.25, 0.3) is 44.5 Å². The van der Waals surface area contributed by atoms with Crippen molar-refractivity contribution in [1.82, 2.24) is 19.9 Å². The van der Waals surface area contributed by atoms with Gasteiger partial charge in [0.05, 0.1) is 0 Å². The second-order valence-corrected chi connectivity index (χ2v) is 8.75. The summed E-state index contributed by atoms with van der Waals surface area (Å²) in [5.74, 6) is 1.02. The van der Waals surface area contributed by atoms with E-state index in [1.807, 2.05) is 6.20 Å². The summed E-state index contributed by atoms with van der Waals surface area (Å²) in [6, 6.07) is 26.4. The lowest BCUT2D eigenvalue weighted by atomic mass is 10.0. The van der Waals surface area contributed by atoms with Gasteiger partial charge in [0.2, 0.25) is 0 Å². The number of aromatic nitrogens is 3. The largest absolute Gasteiger partial charge is 0.317 e. The van der Waals surface area contributed by atoms with Crippen LogP contribution >= 0.6 is 0 Å². The molecule has 0 radical (unpaired) electrons. The Kier molecular flexibility index (Phi) is 4.73. The van der Waals surface area contributed by atoms with E-state index in [-0.39, 0.29) is 0 Å². The molecule has 0 atom stereocenters. The minimum Gasteiger partial charge on any atom is -0.317 e. The lowest BCUT2D eigenvalue weighted by Crippen LogP contribution is -2.29. The molecule has 4 nitrogen and oxygen atoms in total. The second kappa shape index (κ2) is 7.88. The van der Waals surface area contributed by atoms with E-state index < -0.39 is 0 Å². The standard InChI is InChI=1S/C28H26N4/c1-19-6-8-21(9-7-19)27-31-26-25(23-11-10-20-4-2-3-5-22(20)18-23)14-17-30-28(26)32(27)24-12-15-29-16-13-24/h2-11,14,17-18,24,29H,12-13,15-16H2,1H3. The fourth-order valence-corrected chi connectivity index (χ4v) is 4.90. The Hall–Kier alpha value is -3.50. The van der Waals surface area contributed by atoms with Crippen LogP contribution in [0.15, 0.2) is 79.0 Å². The minimum absolute atomic E-state index is 0.400. The van der Waals surface area contributed by atoms with Crippen LogP contribution in [-0.2, 0) is 0 Å². The zero-order valence-corrected chi connectivity index (χ0v) is 18.3. The number of hydrogen-bond acceptors (Lipinski definition) is 3. The van der Waals surface area contributed by atoms with Crippen molar-refractivity contribution in [2.24, 2.45) is 0 Å². The van der Waals surface area contributed by atoms with Gasteiger partial charge >= 0.3 is 0 Å². The number of hydrogen-bond donors (Lipinski definition) is 1. The van der Waals surface area contributed by atoms with Crippen molar-refractivity contribution in [1.29, 1.82) is 0 Å². The summed E-state index contributed by atoms with van der Waals surface area (Å²) in [6.07, 6.45) is 4.11. The van der Waals surface area contributed by atoms with Gasteiger partial charge in [0, 0.05) is 23.4 Å². The first-order valence-electron chi connectivity index (χ1n) is 11.4. The van der Waals surface area contributed by atoms with Gasteiger partial charge < -0.3 is 9.88 Å². The van der Waals surface area contributed by atoms with Gasteiger partial charge in [-0.1, -0.05) is 66.2 Å². The van der Waals surface area contributed by atoms with Gasteiger partial charge in [-0.05, 0) is 61.3 Å². The van der Waals surface area contributed by atoms with Crippen LogP contribution in [0.1, 0.15) is 24.4 Å². The first-order chi connectivity index (χ1) is 15.8. The van der Waals surface area contributed by atoms with Gasteiger partial charge in [-0.15, -0.1) is 0 Å². The van der Waals surface area contributed by atoms with Gasteiger partial charge in [-0.2, -0.15) is 0 Å². The maximum atomic E-state index is 5.22. The Morgan fingerprint density at radius 2 is 1.59 bits per heavy atom. The van der Waals surface area contributed by atoms with Crippen LogP contribution in [-0.4, -0.2) is 27.6 Å². The van der Waals surface area contributed by atoms with Crippen molar-refractivity contribution < 1.29 is 0 Å². The number of pyridine rings is 1. The molecule has 1 saturated heterocycles. The maximum absolute atomic E-state index is 5.22. The van der Waals surface area contributed by atoms with Crippen molar-refractivity contribution in [3.05, 3.63) is 84.6 Å². The lowest BCUT2D eigenvalue weighted by molar-refractivity contribution is 0.376. The molecule has 0 saturated carbocycles. The van der Waals surface area contributed by atoms with Gasteiger partial charge in [0.25, 0.3) is 0 Å². The highest BCUT2D eigenvalue weighted by molar-refractivity contribution is 5.95. The smallest absolute Gasteiger partial charge is 0.161 e. The van der Waals surface area contributed by atoms with E-state index in [1.54, 1.807) is 0 Å². The van der Waals surface area contributed by atoms with Crippen LogP contribution in [0.2, 0.25) is 0 Å². The SMILES string of the molecule is Cc1ccc(-c2nc3c(-c4ccc5ccccc5c4)ccnc3n2C2CCNCC2)cc1. The molecule has 0 unspecified atom stereocenters. The number of benzene rings is 3. The Labute approximate surface area is 188 Å². The third kappa shape index (κ3) is 3.28. The molecule has 158 valence electrons. The average molecular weight is 419 g/mol. The number of nitrogens with one attached hydrogen (secondary N) is 1. The molecular formula is C28H26N4. The Morgan fingerprint density at radius 3 is 2.41 bits per heavy atom. The Bertz CT molecular complexity index is 1410. The molecule has 0 aliphatic carbocycles. The summed E-state index contributed by atoms with van der Waals surface area (Å²) in [7, 11) is 0. The third-order valence-electron chi connectivity index (χ3n) is 6.62. The first-order valence-corrected chi connectivity index (χ1v) is 11.4. The summed E-state index contributed by atoms with van der Waals surface area (Å²) < 4.78 is 2.39. The molecule has 1 aliphatic rings. The van der Waals surface area contributed by atoms with E-state index in [0.717, 1.165) is 54.0 Å². The van der Waals surface area contributed by atoms with E-state index in [0.29, 0.717) is 6.04 Å². The topological polar surface area (TPSA) is 42.7 Å². The van der Waals surface area contributed by atoms with Crippen molar-refractivity contribution in [3.8, 4) is 22.5 Å². The molecule has 3 aromatic carbocycles. The molecule has 32 heavy (non-hydrogen) atoms. The van der Waals surface area contributed by atoms with E-state index >= 15 is 0 Å². The first kappa shape index (κ1) is 19.2. The maximum Gasteiger partial charge on any atom is 0.161 e. The number of fused-ring (bicyclic) bond motifs is 2. The molecule has 3 heterocycles. The Morgan fingerprint density at radius 1 is 0.844 bits per heavy atom. The predicted octanol–water partition coefficient (Wildman–Crippen LogP) is 6.15. The molecule has 0 bridgehead atoms. The summed E-state index contributed by atoms with van der Waals surface area (Å²) in [5, 5.41) is 5.99. The van der Waals surface area contributed by atoms with Crippen LogP contribution in [0.5, 0.6) is 0 Å². The van der Waals surface area contributed by atoms with E-state index in [4.69, 9.17) is 9.97 Å². The van der Waals surface area contributed by atoms with Gasteiger partial charge in [0.15, 0.2) is 5.65 Å². The van der Waals surface area contributed by atoms with Crippen LogP contribution in [0.3, 0.4) is 0 Å². The Balaban J connectivity index is 1.59. The summed E-state index contributed by atoms with van der Waals surface area (Å²) in [4.78, 5) is 10.1. The van der Waals surface area contributed by atoms with Gasteiger partial charge in [-0.25, -0.2) is 9.97 Å². The van der Waals surface area contributed by atoms with E-state index in [9.17, 15) is 0 Å². The molecular weight excluding hydrogens is 392 g/mol. The lowest BCUT2D eigenvalue weighted by Gasteiger charge is -2.26. The normalized spacial score (nSPS) is 14.9. The van der Waals surface area contributed by atoms with Gasteiger partial charge in [-0.3, -0.25) is 0 Å².